The zero-order chi connectivity index (χ0) is 9.68. The number of carbonyl (C=O) groups is 1. The maximum atomic E-state index is 11.7. The Hall–Kier alpha value is -1.58. The fourth-order valence-electron chi connectivity index (χ4n) is 0.850. The highest BCUT2D eigenvalue weighted by atomic mass is 19.1. The number of halogens is 1. The van der Waals surface area contributed by atoms with Gasteiger partial charge in [0, 0.05) is 0 Å². The van der Waals surface area contributed by atoms with Crippen LogP contribution in [0.2, 0.25) is 0 Å². The zero-order valence-electron chi connectivity index (χ0n) is 6.87. The number of benzene rings is 1. The number of ether oxygens (including phenoxy) is 1. The topological polar surface area (TPSA) is 46.5 Å². The molecule has 0 radical (unpaired) electrons. The van der Waals surface area contributed by atoms with Crippen LogP contribution in [0.4, 0.5) is 4.39 Å². The first kappa shape index (κ1) is 9.51. The highest BCUT2D eigenvalue weighted by molar-refractivity contribution is 5.87. The molecule has 0 unspecified atom stereocenters. The van der Waals surface area contributed by atoms with Gasteiger partial charge < -0.3 is 9.84 Å². The SMILES string of the molecule is O=C(O)c1ccc(OCCF)cc1. The van der Waals surface area contributed by atoms with Crippen LogP contribution in [0.3, 0.4) is 0 Å². The third-order valence-corrected chi connectivity index (χ3v) is 1.45. The molecule has 0 atom stereocenters. The molecule has 13 heavy (non-hydrogen) atoms. The van der Waals surface area contributed by atoms with Gasteiger partial charge in [-0.25, -0.2) is 9.18 Å². The molecule has 0 aromatic heterocycles. The van der Waals surface area contributed by atoms with Crippen molar-refractivity contribution in [2.24, 2.45) is 0 Å². The lowest BCUT2D eigenvalue weighted by atomic mass is 10.2. The fraction of sp³-hybridized carbons (Fsp3) is 0.222. The second-order valence-electron chi connectivity index (χ2n) is 2.37. The van der Waals surface area contributed by atoms with Gasteiger partial charge in [-0.1, -0.05) is 0 Å². The summed E-state index contributed by atoms with van der Waals surface area (Å²) >= 11 is 0. The number of rotatable bonds is 4. The van der Waals surface area contributed by atoms with Crippen molar-refractivity contribution >= 4 is 5.97 Å². The number of carboxylic acids is 1. The van der Waals surface area contributed by atoms with Crippen molar-refractivity contribution in [3.63, 3.8) is 0 Å². The minimum atomic E-state index is -0.989. The molecular formula is C9H9FO3. The van der Waals surface area contributed by atoms with Gasteiger partial charge in [0.15, 0.2) is 0 Å². The van der Waals surface area contributed by atoms with Gasteiger partial charge >= 0.3 is 5.97 Å². The molecule has 0 spiro atoms. The molecule has 0 saturated heterocycles. The monoisotopic (exact) mass is 184 g/mol. The van der Waals surface area contributed by atoms with Crippen LogP contribution >= 0.6 is 0 Å². The molecule has 3 nitrogen and oxygen atoms in total. The van der Waals surface area contributed by atoms with E-state index in [4.69, 9.17) is 9.84 Å². The molecule has 0 fully saturated rings. The maximum absolute atomic E-state index is 11.7. The van der Waals surface area contributed by atoms with Gasteiger partial charge in [-0.05, 0) is 24.3 Å². The van der Waals surface area contributed by atoms with Crippen molar-refractivity contribution in [3.8, 4) is 5.75 Å². The largest absolute Gasteiger partial charge is 0.491 e. The second kappa shape index (κ2) is 4.45. The van der Waals surface area contributed by atoms with Gasteiger partial charge in [0.2, 0.25) is 0 Å². The smallest absolute Gasteiger partial charge is 0.335 e. The van der Waals surface area contributed by atoms with Crippen molar-refractivity contribution in [1.29, 1.82) is 0 Å². The lowest BCUT2D eigenvalue weighted by Gasteiger charge is -2.02. The van der Waals surface area contributed by atoms with E-state index in [9.17, 15) is 9.18 Å². The van der Waals surface area contributed by atoms with E-state index >= 15 is 0 Å². The van der Waals surface area contributed by atoms with Crippen LogP contribution in [0.1, 0.15) is 10.4 Å². The van der Waals surface area contributed by atoms with Crippen LogP contribution in [-0.4, -0.2) is 24.4 Å². The van der Waals surface area contributed by atoms with E-state index in [1.165, 1.54) is 24.3 Å². The quantitative estimate of drug-likeness (QED) is 0.775. The number of hydrogen-bond donors (Lipinski definition) is 1. The molecule has 0 aliphatic rings. The van der Waals surface area contributed by atoms with Crippen LogP contribution in [-0.2, 0) is 0 Å². The van der Waals surface area contributed by atoms with E-state index in [-0.39, 0.29) is 12.2 Å². The summed E-state index contributed by atoms with van der Waals surface area (Å²) in [6.07, 6.45) is 0. The van der Waals surface area contributed by atoms with Crippen LogP contribution < -0.4 is 4.74 Å². The Morgan fingerprint density at radius 3 is 2.46 bits per heavy atom. The van der Waals surface area contributed by atoms with Gasteiger partial charge in [-0.3, -0.25) is 0 Å². The van der Waals surface area contributed by atoms with Crippen molar-refractivity contribution in [3.05, 3.63) is 29.8 Å². The van der Waals surface area contributed by atoms with E-state index in [1.807, 2.05) is 0 Å². The Balaban J connectivity index is 2.64. The molecule has 0 aliphatic carbocycles. The molecular weight excluding hydrogens is 175 g/mol. The average Bonchev–Trinajstić information content (AvgIpc) is 2.15. The van der Waals surface area contributed by atoms with E-state index in [0.29, 0.717) is 5.75 Å². The van der Waals surface area contributed by atoms with Gasteiger partial charge in [-0.15, -0.1) is 0 Å². The lowest BCUT2D eigenvalue weighted by molar-refractivity contribution is 0.0697. The molecule has 0 heterocycles. The fourth-order valence-corrected chi connectivity index (χ4v) is 0.850. The molecule has 0 saturated carbocycles. The summed E-state index contributed by atoms with van der Waals surface area (Å²) in [7, 11) is 0. The van der Waals surface area contributed by atoms with Crippen molar-refractivity contribution in [1.82, 2.24) is 0 Å². The first-order chi connectivity index (χ1) is 6.24. The first-order valence-corrected chi connectivity index (χ1v) is 3.76. The third kappa shape index (κ3) is 2.74. The van der Waals surface area contributed by atoms with Gasteiger partial charge in [-0.2, -0.15) is 0 Å². The van der Waals surface area contributed by atoms with Crippen LogP contribution in [0, 0.1) is 0 Å². The summed E-state index contributed by atoms with van der Waals surface area (Å²) in [6.45, 7) is -0.562. The average molecular weight is 184 g/mol. The van der Waals surface area contributed by atoms with Crippen LogP contribution in [0.5, 0.6) is 5.75 Å². The van der Waals surface area contributed by atoms with Gasteiger partial charge in [0.25, 0.3) is 0 Å². The summed E-state index contributed by atoms with van der Waals surface area (Å²) in [6, 6.07) is 5.82. The predicted octanol–water partition coefficient (Wildman–Crippen LogP) is 1.73. The summed E-state index contributed by atoms with van der Waals surface area (Å²) in [5.41, 5.74) is 0.188. The lowest BCUT2D eigenvalue weighted by Crippen LogP contribution is -2.00. The Labute approximate surface area is 74.8 Å². The van der Waals surface area contributed by atoms with E-state index in [1.54, 1.807) is 0 Å². The minimum absolute atomic E-state index is 0.00752. The zero-order valence-corrected chi connectivity index (χ0v) is 6.87. The highest BCUT2D eigenvalue weighted by Crippen LogP contribution is 2.11. The van der Waals surface area contributed by atoms with Crippen molar-refractivity contribution in [2.75, 3.05) is 13.3 Å². The predicted molar refractivity (Wildman–Crippen MR) is 44.9 cm³/mol. The maximum Gasteiger partial charge on any atom is 0.335 e. The van der Waals surface area contributed by atoms with Crippen LogP contribution in [0.15, 0.2) is 24.3 Å². The molecule has 0 bridgehead atoms. The highest BCUT2D eigenvalue weighted by Gasteiger charge is 2.01. The molecule has 1 aromatic carbocycles. The van der Waals surface area contributed by atoms with Crippen LogP contribution in [0.25, 0.3) is 0 Å². The molecule has 1 rings (SSSR count). The third-order valence-electron chi connectivity index (χ3n) is 1.45. The van der Waals surface area contributed by atoms with E-state index in [0.717, 1.165) is 0 Å². The Morgan fingerprint density at radius 2 is 2.00 bits per heavy atom. The Bertz CT molecular complexity index is 281. The number of aromatic carboxylic acids is 1. The van der Waals surface area contributed by atoms with E-state index in [2.05, 4.69) is 0 Å². The molecule has 0 aliphatic heterocycles. The number of hydrogen-bond acceptors (Lipinski definition) is 2. The summed E-state index contributed by atoms with van der Waals surface area (Å²) in [4.78, 5) is 10.4. The summed E-state index contributed by atoms with van der Waals surface area (Å²) < 4.78 is 16.6. The minimum Gasteiger partial charge on any atom is -0.491 e. The molecule has 1 N–H and O–H groups in total. The standard InChI is InChI=1S/C9H9FO3/c10-5-6-13-8-3-1-7(2-4-8)9(11)12/h1-4H,5-6H2,(H,11,12). The molecule has 4 heteroatoms. The normalized spacial score (nSPS) is 9.62. The number of carboxylic acid groups (broad SMARTS) is 1. The summed E-state index contributed by atoms with van der Waals surface area (Å²) in [5.74, 6) is -0.514. The Kier molecular flexibility index (Phi) is 3.25. The van der Waals surface area contributed by atoms with Crippen molar-refractivity contribution < 1.29 is 19.0 Å². The summed E-state index contributed by atoms with van der Waals surface area (Å²) in [5, 5.41) is 8.55. The first-order valence-electron chi connectivity index (χ1n) is 3.76. The second-order valence-corrected chi connectivity index (χ2v) is 2.37. The van der Waals surface area contributed by atoms with E-state index < -0.39 is 12.6 Å². The van der Waals surface area contributed by atoms with Gasteiger partial charge in [0.05, 0.1) is 5.56 Å². The molecule has 70 valence electrons. The Morgan fingerprint density at radius 1 is 1.38 bits per heavy atom. The van der Waals surface area contributed by atoms with Gasteiger partial charge in [0.1, 0.15) is 19.0 Å². The molecule has 0 amide bonds. The molecule has 1 aromatic rings. The van der Waals surface area contributed by atoms with Crippen molar-refractivity contribution in [2.45, 2.75) is 0 Å². The number of alkyl halides is 1.